The molecular weight excluding hydrogens is 420 g/mol. The molecule has 1 amide bonds. The van der Waals surface area contributed by atoms with E-state index in [9.17, 15) is 4.79 Å². The number of anilines is 1. The number of amides is 1. The number of aromatic nitrogens is 2. The van der Waals surface area contributed by atoms with Gasteiger partial charge < -0.3 is 10.3 Å². The molecule has 0 aliphatic carbocycles. The van der Waals surface area contributed by atoms with Crippen LogP contribution in [0.3, 0.4) is 0 Å². The summed E-state index contributed by atoms with van der Waals surface area (Å²) in [5, 5.41) is 11.8. The van der Waals surface area contributed by atoms with Crippen LogP contribution in [0.2, 0.25) is 0 Å². The maximum absolute atomic E-state index is 12.7. The van der Waals surface area contributed by atoms with Crippen LogP contribution < -0.4 is 5.32 Å². The van der Waals surface area contributed by atoms with E-state index < -0.39 is 0 Å². The van der Waals surface area contributed by atoms with Gasteiger partial charge in [0.25, 0.3) is 5.91 Å². The van der Waals surface area contributed by atoms with Crippen LogP contribution in [0.5, 0.6) is 0 Å². The third-order valence-electron chi connectivity index (χ3n) is 5.92. The fourth-order valence-corrected chi connectivity index (χ4v) is 4.02. The maximum atomic E-state index is 12.7. The van der Waals surface area contributed by atoms with Gasteiger partial charge in [-0.05, 0) is 43.7 Å². The van der Waals surface area contributed by atoms with E-state index in [0.29, 0.717) is 22.8 Å². The predicted molar refractivity (Wildman–Crippen MR) is 138 cm³/mol. The minimum absolute atomic E-state index is 0.148. The minimum Gasteiger partial charge on any atom is -0.338 e. The van der Waals surface area contributed by atoms with Crippen molar-refractivity contribution in [1.82, 2.24) is 9.97 Å². The van der Waals surface area contributed by atoms with Crippen LogP contribution >= 0.6 is 0 Å². The number of aromatic amines is 1. The van der Waals surface area contributed by atoms with E-state index >= 15 is 0 Å². The van der Waals surface area contributed by atoms with Crippen molar-refractivity contribution in [2.45, 2.75) is 13.8 Å². The summed E-state index contributed by atoms with van der Waals surface area (Å²) in [7, 11) is 0. The monoisotopic (exact) mass is 444 g/mol. The molecule has 0 aliphatic rings. The van der Waals surface area contributed by atoms with Gasteiger partial charge in [-0.3, -0.25) is 10.2 Å². The molecule has 0 spiro atoms. The van der Waals surface area contributed by atoms with Crippen molar-refractivity contribution in [3.05, 3.63) is 119 Å². The highest BCUT2D eigenvalue weighted by Crippen LogP contribution is 2.27. The first-order valence-corrected chi connectivity index (χ1v) is 11.1. The highest BCUT2D eigenvalue weighted by molar-refractivity contribution is 6.14. The van der Waals surface area contributed by atoms with Gasteiger partial charge >= 0.3 is 0 Å². The normalized spacial score (nSPS) is 10.9. The number of benzene rings is 4. The summed E-state index contributed by atoms with van der Waals surface area (Å²) in [5.41, 5.74) is 7.98. The topological polar surface area (TPSA) is 81.6 Å². The van der Waals surface area contributed by atoms with E-state index in [1.165, 1.54) is 0 Å². The Hall–Kier alpha value is -4.51. The van der Waals surface area contributed by atoms with E-state index in [-0.39, 0.29) is 5.91 Å². The molecule has 0 radical (unpaired) electrons. The lowest BCUT2D eigenvalue weighted by molar-refractivity contribution is 0.102. The molecule has 0 aliphatic heterocycles. The molecule has 4 aromatic carbocycles. The zero-order valence-electron chi connectivity index (χ0n) is 19.0. The number of hydrogen-bond acceptors (Lipinski definition) is 3. The number of fused-ring (bicyclic) bond motifs is 1. The van der Waals surface area contributed by atoms with Crippen LogP contribution in [0.15, 0.2) is 91.0 Å². The lowest BCUT2D eigenvalue weighted by Gasteiger charge is -2.09. The largest absolute Gasteiger partial charge is 0.338 e. The number of imidazole rings is 1. The number of aryl methyl sites for hydroxylation is 2. The Bertz CT molecular complexity index is 1530. The van der Waals surface area contributed by atoms with Crippen LogP contribution in [-0.4, -0.2) is 21.6 Å². The maximum Gasteiger partial charge on any atom is 0.255 e. The zero-order chi connectivity index (χ0) is 23.7. The molecule has 0 saturated heterocycles. The molecule has 0 atom stereocenters. The number of rotatable bonds is 5. The average molecular weight is 445 g/mol. The SMILES string of the molecule is Cc1ccc(C(=N)c2ccccc2-c2nc3cc(NC(=O)c4ccccc4C)ccc3[nH]2)cc1. The first-order valence-electron chi connectivity index (χ1n) is 11.1. The third kappa shape index (κ3) is 4.11. The van der Waals surface area contributed by atoms with Crippen LogP contribution in [0.4, 0.5) is 5.69 Å². The number of nitrogens with one attached hydrogen (secondary N) is 3. The molecule has 0 bridgehead atoms. The Morgan fingerprint density at radius 1 is 0.853 bits per heavy atom. The summed E-state index contributed by atoms with van der Waals surface area (Å²) in [6.07, 6.45) is 0. The van der Waals surface area contributed by atoms with E-state index in [2.05, 4.69) is 10.3 Å². The molecule has 166 valence electrons. The summed E-state index contributed by atoms with van der Waals surface area (Å²) >= 11 is 0. The van der Waals surface area contributed by atoms with Crippen molar-refractivity contribution < 1.29 is 4.79 Å². The highest BCUT2D eigenvalue weighted by atomic mass is 16.1. The fourth-order valence-electron chi connectivity index (χ4n) is 4.02. The summed E-state index contributed by atoms with van der Waals surface area (Å²) in [5.74, 6) is 0.537. The number of nitrogens with zero attached hydrogens (tertiary/aromatic N) is 1. The van der Waals surface area contributed by atoms with Gasteiger partial charge in [-0.25, -0.2) is 4.98 Å². The molecule has 0 unspecified atom stereocenters. The molecular formula is C29H24N4O. The number of H-pyrrole nitrogens is 1. The molecule has 5 heteroatoms. The molecule has 0 saturated carbocycles. The molecule has 1 aromatic heterocycles. The third-order valence-corrected chi connectivity index (χ3v) is 5.92. The fraction of sp³-hybridized carbons (Fsp3) is 0.0690. The lowest BCUT2D eigenvalue weighted by atomic mass is 9.97. The molecule has 3 N–H and O–H groups in total. The van der Waals surface area contributed by atoms with Gasteiger partial charge in [-0.15, -0.1) is 0 Å². The molecule has 1 heterocycles. The van der Waals surface area contributed by atoms with Crippen LogP contribution in [0.25, 0.3) is 22.4 Å². The van der Waals surface area contributed by atoms with Gasteiger partial charge in [-0.2, -0.15) is 0 Å². The first-order chi connectivity index (χ1) is 16.5. The Balaban J connectivity index is 1.47. The van der Waals surface area contributed by atoms with Crippen molar-refractivity contribution in [1.29, 1.82) is 5.41 Å². The molecule has 34 heavy (non-hydrogen) atoms. The zero-order valence-corrected chi connectivity index (χ0v) is 19.0. The van der Waals surface area contributed by atoms with Crippen molar-refractivity contribution in [2.75, 3.05) is 5.32 Å². The van der Waals surface area contributed by atoms with Gasteiger partial charge in [0.15, 0.2) is 0 Å². The quantitative estimate of drug-likeness (QED) is 0.270. The highest BCUT2D eigenvalue weighted by Gasteiger charge is 2.15. The Morgan fingerprint density at radius 3 is 2.32 bits per heavy atom. The number of carbonyl (C=O) groups excluding carboxylic acids is 1. The van der Waals surface area contributed by atoms with Crippen molar-refractivity contribution in [2.24, 2.45) is 0 Å². The van der Waals surface area contributed by atoms with Crippen molar-refractivity contribution in [3.63, 3.8) is 0 Å². The standard InChI is InChI=1S/C29H24N4O/c1-18-11-13-20(14-12-18)27(30)23-9-5-6-10-24(23)28-32-25-16-15-21(17-26(25)33-28)31-29(34)22-8-4-3-7-19(22)2/h3-17,30H,1-2H3,(H,31,34)(H,32,33). The van der Waals surface area contributed by atoms with E-state index in [1.807, 2.05) is 105 Å². The van der Waals surface area contributed by atoms with E-state index in [0.717, 1.165) is 38.9 Å². The summed E-state index contributed by atoms with van der Waals surface area (Å²) in [4.78, 5) is 20.9. The first kappa shape index (κ1) is 21.3. The Labute approximate surface area is 198 Å². The Morgan fingerprint density at radius 2 is 1.56 bits per heavy atom. The number of carbonyl (C=O) groups is 1. The molecule has 5 nitrogen and oxygen atoms in total. The van der Waals surface area contributed by atoms with Crippen LogP contribution in [0, 0.1) is 19.3 Å². The summed E-state index contributed by atoms with van der Waals surface area (Å²) in [6, 6.07) is 28.9. The molecule has 5 aromatic rings. The van der Waals surface area contributed by atoms with Gasteiger partial charge in [0.05, 0.1) is 16.7 Å². The smallest absolute Gasteiger partial charge is 0.255 e. The second kappa shape index (κ2) is 8.79. The predicted octanol–water partition coefficient (Wildman–Crippen LogP) is 6.52. The summed E-state index contributed by atoms with van der Waals surface area (Å²) in [6.45, 7) is 3.96. The lowest BCUT2D eigenvalue weighted by Crippen LogP contribution is -2.13. The van der Waals surface area contributed by atoms with Gasteiger partial charge in [0, 0.05) is 27.9 Å². The van der Waals surface area contributed by atoms with E-state index in [1.54, 1.807) is 0 Å². The Kier molecular flexibility index (Phi) is 5.52. The van der Waals surface area contributed by atoms with Crippen molar-refractivity contribution in [3.8, 4) is 11.4 Å². The summed E-state index contributed by atoms with van der Waals surface area (Å²) < 4.78 is 0. The molecule has 0 fully saturated rings. The number of hydrogen-bond donors (Lipinski definition) is 3. The van der Waals surface area contributed by atoms with Crippen molar-refractivity contribution >= 4 is 28.3 Å². The van der Waals surface area contributed by atoms with Crippen LogP contribution in [0.1, 0.15) is 32.6 Å². The second-order valence-electron chi connectivity index (χ2n) is 8.37. The van der Waals surface area contributed by atoms with Gasteiger partial charge in [0.1, 0.15) is 5.82 Å². The van der Waals surface area contributed by atoms with Gasteiger partial charge in [-0.1, -0.05) is 72.3 Å². The second-order valence-corrected chi connectivity index (χ2v) is 8.37. The molecule has 5 rings (SSSR count). The van der Waals surface area contributed by atoms with Crippen LogP contribution in [-0.2, 0) is 0 Å². The average Bonchev–Trinajstić information content (AvgIpc) is 3.27. The minimum atomic E-state index is -0.148. The van der Waals surface area contributed by atoms with E-state index in [4.69, 9.17) is 10.4 Å². The van der Waals surface area contributed by atoms with Gasteiger partial charge in [0.2, 0.25) is 0 Å².